The molecule has 0 spiro atoms. The van der Waals surface area contributed by atoms with Crippen LogP contribution >= 0.6 is 11.6 Å². The molecule has 0 aliphatic carbocycles. The largest absolute Gasteiger partial charge is 0.347 e. The van der Waals surface area contributed by atoms with Crippen molar-refractivity contribution >= 4 is 17.5 Å². The molecule has 4 heteroatoms. The molecule has 0 aromatic carbocycles. The molecule has 1 N–H and O–H groups in total. The van der Waals surface area contributed by atoms with E-state index in [0.717, 1.165) is 19.3 Å². The highest BCUT2D eigenvalue weighted by molar-refractivity contribution is 6.29. The fourth-order valence-corrected chi connectivity index (χ4v) is 1.95. The highest BCUT2D eigenvalue weighted by Crippen LogP contribution is 2.20. The van der Waals surface area contributed by atoms with Gasteiger partial charge in [-0.05, 0) is 31.4 Å². The second kappa shape index (κ2) is 6.01. The van der Waals surface area contributed by atoms with Crippen LogP contribution in [-0.4, -0.2) is 16.4 Å². The van der Waals surface area contributed by atoms with Crippen LogP contribution in [0.3, 0.4) is 0 Å². The fraction of sp³-hybridized carbons (Fsp3) is 0.538. The summed E-state index contributed by atoms with van der Waals surface area (Å²) in [6.45, 7) is 6.27. The number of amides is 1. The molecule has 1 aromatic heterocycles. The third kappa shape index (κ3) is 3.43. The number of aromatic nitrogens is 1. The van der Waals surface area contributed by atoms with E-state index in [4.69, 9.17) is 11.6 Å². The van der Waals surface area contributed by atoms with Crippen molar-refractivity contribution in [2.75, 3.05) is 0 Å². The lowest BCUT2D eigenvalue weighted by Gasteiger charge is -2.31. The number of hydrogen-bond acceptors (Lipinski definition) is 2. The van der Waals surface area contributed by atoms with Crippen molar-refractivity contribution in [3.63, 3.8) is 0 Å². The summed E-state index contributed by atoms with van der Waals surface area (Å²) >= 11 is 5.69. The number of rotatable bonds is 5. The summed E-state index contributed by atoms with van der Waals surface area (Å²) in [5.74, 6) is -0.0836. The van der Waals surface area contributed by atoms with Gasteiger partial charge in [-0.2, -0.15) is 0 Å². The van der Waals surface area contributed by atoms with Crippen LogP contribution in [0.4, 0.5) is 0 Å². The van der Waals surface area contributed by atoms with Crippen LogP contribution in [0.2, 0.25) is 5.15 Å². The molecule has 1 rings (SSSR count). The first-order valence-corrected chi connectivity index (χ1v) is 6.38. The number of nitrogens with one attached hydrogen (secondary N) is 1. The number of hydrogen-bond donors (Lipinski definition) is 1. The third-order valence-corrected chi connectivity index (χ3v) is 3.62. The smallest absolute Gasteiger partial charge is 0.253 e. The predicted octanol–water partition coefficient (Wildman–Crippen LogP) is 3.43. The van der Waals surface area contributed by atoms with Crippen molar-refractivity contribution in [2.45, 2.75) is 45.6 Å². The molecule has 0 bridgehead atoms. The van der Waals surface area contributed by atoms with E-state index >= 15 is 0 Å². The Kier molecular flexibility index (Phi) is 4.94. The summed E-state index contributed by atoms with van der Waals surface area (Å²) in [6.07, 6.45) is 4.27. The van der Waals surface area contributed by atoms with Gasteiger partial charge in [-0.3, -0.25) is 4.79 Å². The zero-order valence-corrected chi connectivity index (χ0v) is 11.3. The topological polar surface area (TPSA) is 42.0 Å². The molecule has 1 amide bonds. The van der Waals surface area contributed by atoms with Gasteiger partial charge >= 0.3 is 0 Å². The second-order valence-electron chi connectivity index (χ2n) is 4.16. The molecule has 0 unspecified atom stereocenters. The molecule has 17 heavy (non-hydrogen) atoms. The van der Waals surface area contributed by atoms with Gasteiger partial charge in [0.1, 0.15) is 5.15 Å². The molecule has 0 saturated carbocycles. The Morgan fingerprint density at radius 2 is 1.88 bits per heavy atom. The van der Waals surface area contributed by atoms with Gasteiger partial charge in [0.05, 0.1) is 5.56 Å². The van der Waals surface area contributed by atoms with Crippen LogP contribution in [0.5, 0.6) is 0 Å². The Morgan fingerprint density at radius 3 is 2.29 bits per heavy atom. The van der Waals surface area contributed by atoms with Crippen LogP contribution in [0.15, 0.2) is 18.3 Å². The Labute approximate surface area is 108 Å². The van der Waals surface area contributed by atoms with Crippen molar-refractivity contribution in [1.29, 1.82) is 0 Å². The number of carbonyl (C=O) groups excluding carboxylic acids is 1. The molecule has 0 aliphatic rings. The van der Waals surface area contributed by atoms with E-state index in [1.54, 1.807) is 12.1 Å². The summed E-state index contributed by atoms with van der Waals surface area (Å²) in [7, 11) is 0. The zero-order chi connectivity index (χ0) is 12.9. The summed E-state index contributed by atoms with van der Waals surface area (Å²) in [4.78, 5) is 16.0. The van der Waals surface area contributed by atoms with Crippen molar-refractivity contribution in [1.82, 2.24) is 10.3 Å². The maximum absolute atomic E-state index is 12.1. The number of carbonyl (C=O) groups is 1. The molecule has 3 nitrogen and oxygen atoms in total. The van der Waals surface area contributed by atoms with Gasteiger partial charge in [-0.25, -0.2) is 4.98 Å². The van der Waals surface area contributed by atoms with Crippen molar-refractivity contribution in [3.8, 4) is 0 Å². The monoisotopic (exact) mass is 254 g/mol. The molecule has 0 radical (unpaired) electrons. The van der Waals surface area contributed by atoms with Gasteiger partial charge in [-0.15, -0.1) is 0 Å². The first-order chi connectivity index (χ1) is 8.06. The highest BCUT2D eigenvalue weighted by atomic mass is 35.5. The molecule has 1 aromatic rings. The van der Waals surface area contributed by atoms with Gasteiger partial charge in [0, 0.05) is 11.7 Å². The normalized spacial score (nSPS) is 11.3. The number of halogens is 1. The van der Waals surface area contributed by atoms with Crippen LogP contribution in [0, 0.1) is 0 Å². The molecule has 0 aliphatic heterocycles. The maximum Gasteiger partial charge on any atom is 0.253 e. The highest BCUT2D eigenvalue weighted by Gasteiger charge is 2.26. The zero-order valence-electron chi connectivity index (χ0n) is 10.6. The molecule has 0 fully saturated rings. The average Bonchev–Trinajstić information content (AvgIpc) is 2.37. The molecule has 1 heterocycles. The lowest BCUT2D eigenvalue weighted by molar-refractivity contribution is 0.0888. The van der Waals surface area contributed by atoms with Gasteiger partial charge in [0.25, 0.3) is 5.91 Å². The van der Waals surface area contributed by atoms with E-state index in [0.29, 0.717) is 10.7 Å². The first kappa shape index (κ1) is 14.0. The van der Waals surface area contributed by atoms with Gasteiger partial charge < -0.3 is 5.32 Å². The van der Waals surface area contributed by atoms with Crippen LogP contribution in [-0.2, 0) is 0 Å². The van der Waals surface area contributed by atoms with Gasteiger partial charge in [0.15, 0.2) is 0 Å². The lowest BCUT2D eigenvalue weighted by Crippen LogP contribution is -2.47. The van der Waals surface area contributed by atoms with E-state index in [-0.39, 0.29) is 11.4 Å². The summed E-state index contributed by atoms with van der Waals surface area (Å²) in [5.41, 5.74) is 0.436. The van der Waals surface area contributed by atoms with Crippen molar-refractivity contribution in [2.24, 2.45) is 0 Å². The Balaban J connectivity index is 2.81. The molecular weight excluding hydrogens is 236 g/mol. The summed E-state index contributed by atoms with van der Waals surface area (Å²) in [5, 5.41) is 3.49. The van der Waals surface area contributed by atoms with Gasteiger partial charge in [0.2, 0.25) is 0 Å². The number of pyridine rings is 1. The average molecular weight is 255 g/mol. The fourth-order valence-electron chi connectivity index (χ4n) is 1.84. The van der Waals surface area contributed by atoms with Crippen LogP contribution in [0.25, 0.3) is 0 Å². The van der Waals surface area contributed by atoms with E-state index in [9.17, 15) is 4.79 Å². The minimum atomic E-state index is -0.114. The quantitative estimate of drug-likeness (QED) is 0.818. The van der Waals surface area contributed by atoms with Crippen LogP contribution < -0.4 is 5.32 Å². The third-order valence-electron chi connectivity index (χ3n) is 3.40. The number of nitrogens with zero attached hydrogens (tertiary/aromatic N) is 1. The maximum atomic E-state index is 12.1. The minimum Gasteiger partial charge on any atom is -0.347 e. The van der Waals surface area contributed by atoms with Crippen LogP contribution in [0.1, 0.15) is 50.4 Å². The van der Waals surface area contributed by atoms with E-state index in [2.05, 4.69) is 31.1 Å². The predicted molar refractivity (Wildman–Crippen MR) is 70.3 cm³/mol. The SMILES string of the molecule is CCC(CC)(CC)NC(=O)c1ccc(Cl)nc1. The summed E-state index contributed by atoms with van der Waals surface area (Å²) < 4.78 is 0. The Hall–Kier alpha value is -1.09. The van der Waals surface area contributed by atoms with Crippen molar-refractivity contribution in [3.05, 3.63) is 29.0 Å². The van der Waals surface area contributed by atoms with E-state index in [1.165, 1.54) is 6.20 Å². The molecule has 0 atom stereocenters. The molecule has 0 saturated heterocycles. The lowest BCUT2D eigenvalue weighted by atomic mass is 9.89. The first-order valence-electron chi connectivity index (χ1n) is 6.01. The summed E-state index contributed by atoms with van der Waals surface area (Å²) in [6, 6.07) is 3.32. The second-order valence-corrected chi connectivity index (χ2v) is 4.55. The van der Waals surface area contributed by atoms with Crippen molar-refractivity contribution < 1.29 is 4.79 Å². The van der Waals surface area contributed by atoms with E-state index in [1.807, 2.05) is 0 Å². The minimum absolute atomic E-state index is 0.0836. The standard InChI is InChI=1S/C13H19ClN2O/c1-4-13(5-2,6-3)16-12(17)10-7-8-11(14)15-9-10/h7-9H,4-6H2,1-3H3,(H,16,17). The Morgan fingerprint density at radius 1 is 1.29 bits per heavy atom. The van der Waals surface area contributed by atoms with Gasteiger partial charge in [-0.1, -0.05) is 32.4 Å². The molecule has 94 valence electrons. The van der Waals surface area contributed by atoms with E-state index < -0.39 is 0 Å². The Bertz CT molecular complexity index is 363. The molecular formula is C13H19ClN2O.